The third-order valence-corrected chi connectivity index (χ3v) is 5.58. The molecular formula is C22H19F2N5O2. The van der Waals surface area contributed by atoms with Gasteiger partial charge in [-0.2, -0.15) is 10.1 Å². The molecule has 2 atom stereocenters. The van der Waals surface area contributed by atoms with E-state index in [2.05, 4.69) is 20.1 Å². The number of hydrogen-bond acceptors (Lipinski definition) is 6. The highest BCUT2D eigenvalue weighted by Crippen LogP contribution is 2.55. The average Bonchev–Trinajstić information content (AvgIpc) is 3.46. The zero-order valence-corrected chi connectivity index (χ0v) is 16.9. The first kappa shape index (κ1) is 19.3. The molecule has 31 heavy (non-hydrogen) atoms. The summed E-state index contributed by atoms with van der Waals surface area (Å²) >= 11 is 0. The summed E-state index contributed by atoms with van der Waals surface area (Å²) in [6.07, 6.45) is 3.56. The molecule has 5 rings (SSSR count). The first-order valence-corrected chi connectivity index (χ1v) is 9.76. The van der Waals surface area contributed by atoms with Gasteiger partial charge >= 0.3 is 6.01 Å². The smallest absolute Gasteiger partial charge is 0.319 e. The van der Waals surface area contributed by atoms with Crippen LogP contribution in [0.4, 0.5) is 8.78 Å². The molecule has 9 heteroatoms. The van der Waals surface area contributed by atoms with Crippen LogP contribution in [0, 0.1) is 0 Å². The lowest BCUT2D eigenvalue weighted by Gasteiger charge is -2.11. The molecule has 158 valence electrons. The molecular weight excluding hydrogens is 404 g/mol. The predicted molar refractivity (Wildman–Crippen MR) is 109 cm³/mol. The zero-order chi connectivity index (χ0) is 21.5. The molecule has 0 N–H and O–H groups in total. The van der Waals surface area contributed by atoms with E-state index in [-0.39, 0.29) is 23.4 Å². The Morgan fingerprint density at radius 3 is 2.58 bits per heavy atom. The highest BCUT2D eigenvalue weighted by Gasteiger charge is 2.41. The quantitative estimate of drug-likeness (QED) is 0.457. The summed E-state index contributed by atoms with van der Waals surface area (Å²) < 4.78 is 37.9. The highest BCUT2D eigenvalue weighted by atomic mass is 19.3. The zero-order valence-electron chi connectivity index (χ0n) is 16.9. The molecule has 0 saturated heterocycles. The van der Waals surface area contributed by atoms with E-state index >= 15 is 0 Å². The van der Waals surface area contributed by atoms with Gasteiger partial charge in [0.05, 0.1) is 25.5 Å². The number of ether oxygens (including phenoxy) is 2. The molecule has 0 aliphatic heterocycles. The maximum absolute atomic E-state index is 12.9. The van der Waals surface area contributed by atoms with Crippen LogP contribution in [0.2, 0.25) is 0 Å². The second kappa shape index (κ2) is 7.57. The number of aromatic nitrogens is 5. The fourth-order valence-corrected chi connectivity index (χ4v) is 3.92. The van der Waals surface area contributed by atoms with Crippen LogP contribution in [0.5, 0.6) is 11.9 Å². The van der Waals surface area contributed by atoms with Crippen molar-refractivity contribution in [2.75, 3.05) is 14.2 Å². The number of benzene rings is 1. The first-order chi connectivity index (χ1) is 15.1. The normalized spacial score (nSPS) is 17.8. The summed E-state index contributed by atoms with van der Waals surface area (Å²) in [5, 5.41) is 4.64. The number of halogens is 2. The van der Waals surface area contributed by atoms with Crippen LogP contribution in [-0.2, 0) is 0 Å². The number of imidazole rings is 1. The van der Waals surface area contributed by atoms with E-state index in [1.165, 1.54) is 26.4 Å². The Kier molecular flexibility index (Phi) is 4.72. The van der Waals surface area contributed by atoms with Crippen molar-refractivity contribution in [2.45, 2.75) is 24.7 Å². The Labute approximate surface area is 176 Å². The molecule has 4 aromatic rings. The summed E-state index contributed by atoms with van der Waals surface area (Å²) in [6.45, 7) is 0. The van der Waals surface area contributed by atoms with Gasteiger partial charge in [0.1, 0.15) is 0 Å². The molecule has 3 aromatic heterocycles. The molecule has 1 aliphatic rings. The Balaban J connectivity index is 1.53. The monoisotopic (exact) mass is 423 g/mol. The van der Waals surface area contributed by atoms with Crippen molar-refractivity contribution in [2.24, 2.45) is 0 Å². The largest absolute Gasteiger partial charge is 0.480 e. The number of nitrogens with zero attached hydrogens (tertiary/aromatic N) is 5. The molecule has 0 unspecified atom stereocenters. The standard InChI is InChI=1S/C22H19F2N5O2/c1-30-21-17(11-26-22(27-21)31-2)18-10-16(20-25-7-8-29(20)28-18)15-9-14(15)12-3-5-13(6-4-12)19(23)24/h3-8,10-11,14-15,19H,9H2,1-2H3/t14-,15+/m1/s1. The van der Waals surface area contributed by atoms with Gasteiger partial charge in [0.25, 0.3) is 6.43 Å². The Bertz CT molecular complexity index is 1240. The number of rotatable bonds is 6. The summed E-state index contributed by atoms with van der Waals surface area (Å²) in [6, 6.07) is 8.76. The van der Waals surface area contributed by atoms with Crippen molar-refractivity contribution in [1.29, 1.82) is 0 Å². The third-order valence-electron chi connectivity index (χ3n) is 5.58. The molecule has 3 heterocycles. The van der Waals surface area contributed by atoms with Crippen LogP contribution < -0.4 is 9.47 Å². The number of hydrogen-bond donors (Lipinski definition) is 0. The maximum Gasteiger partial charge on any atom is 0.319 e. The van der Waals surface area contributed by atoms with Gasteiger partial charge in [0, 0.05) is 29.7 Å². The minimum absolute atomic E-state index is 0.0365. The van der Waals surface area contributed by atoms with Crippen LogP contribution >= 0.6 is 0 Å². The van der Waals surface area contributed by atoms with Crippen LogP contribution in [0.15, 0.2) is 48.9 Å². The van der Waals surface area contributed by atoms with Crippen molar-refractivity contribution in [3.05, 3.63) is 65.6 Å². The Hall–Kier alpha value is -3.62. The van der Waals surface area contributed by atoms with Crippen LogP contribution in [0.3, 0.4) is 0 Å². The van der Waals surface area contributed by atoms with E-state index in [0.29, 0.717) is 17.1 Å². The van der Waals surface area contributed by atoms with Crippen molar-refractivity contribution >= 4 is 5.65 Å². The fraction of sp³-hybridized carbons (Fsp3) is 0.273. The van der Waals surface area contributed by atoms with Gasteiger partial charge in [-0.25, -0.2) is 23.3 Å². The van der Waals surface area contributed by atoms with Gasteiger partial charge in [0.15, 0.2) is 5.65 Å². The van der Waals surface area contributed by atoms with E-state index < -0.39 is 6.43 Å². The van der Waals surface area contributed by atoms with Crippen LogP contribution in [0.25, 0.3) is 16.9 Å². The highest BCUT2D eigenvalue weighted by molar-refractivity contribution is 5.68. The Morgan fingerprint density at radius 2 is 1.87 bits per heavy atom. The van der Waals surface area contributed by atoms with Crippen molar-refractivity contribution in [1.82, 2.24) is 24.6 Å². The second-order valence-electron chi connectivity index (χ2n) is 7.38. The van der Waals surface area contributed by atoms with Gasteiger partial charge in [-0.15, -0.1) is 0 Å². The summed E-state index contributed by atoms with van der Waals surface area (Å²) in [4.78, 5) is 12.9. The molecule has 1 aromatic carbocycles. The summed E-state index contributed by atoms with van der Waals surface area (Å²) in [5.41, 5.74) is 4.18. The van der Waals surface area contributed by atoms with E-state index in [1.54, 1.807) is 35.2 Å². The third kappa shape index (κ3) is 3.45. The van der Waals surface area contributed by atoms with E-state index in [0.717, 1.165) is 23.2 Å². The molecule has 1 saturated carbocycles. The van der Waals surface area contributed by atoms with E-state index in [1.807, 2.05) is 6.07 Å². The van der Waals surface area contributed by atoms with E-state index in [4.69, 9.17) is 9.47 Å². The first-order valence-electron chi connectivity index (χ1n) is 9.76. The molecule has 1 fully saturated rings. The Morgan fingerprint density at radius 1 is 1.06 bits per heavy atom. The minimum Gasteiger partial charge on any atom is -0.480 e. The number of alkyl halides is 2. The molecule has 0 amide bonds. The van der Waals surface area contributed by atoms with Crippen LogP contribution in [-0.4, -0.2) is 38.8 Å². The average molecular weight is 423 g/mol. The maximum atomic E-state index is 12.9. The summed E-state index contributed by atoms with van der Waals surface area (Å²) in [5.74, 6) is 0.824. The summed E-state index contributed by atoms with van der Waals surface area (Å²) in [7, 11) is 3.02. The fourth-order valence-electron chi connectivity index (χ4n) is 3.92. The molecule has 7 nitrogen and oxygen atoms in total. The number of methoxy groups -OCH3 is 2. The van der Waals surface area contributed by atoms with Gasteiger partial charge in [-0.3, -0.25) is 0 Å². The molecule has 1 aliphatic carbocycles. The minimum atomic E-state index is -2.46. The topological polar surface area (TPSA) is 74.4 Å². The lowest BCUT2D eigenvalue weighted by molar-refractivity contribution is 0.151. The van der Waals surface area contributed by atoms with Crippen LogP contribution in [0.1, 0.15) is 41.4 Å². The molecule has 0 bridgehead atoms. The van der Waals surface area contributed by atoms with Crippen molar-refractivity contribution in [3.63, 3.8) is 0 Å². The molecule has 0 spiro atoms. The van der Waals surface area contributed by atoms with Gasteiger partial charge in [0.2, 0.25) is 5.88 Å². The van der Waals surface area contributed by atoms with Crippen molar-refractivity contribution < 1.29 is 18.3 Å². The van der Waals surface area contributed by atoms with E-state index in [9.17, 15) is 8.78 Å². The lowest BCUT2D eigenvalue weighted by atomic mass is 10.0. The second-order valence-corrected chi connectivity index (χ2v) is 7.38. The van der Waals surface area contributed by atoms with Gasteiger partial charge in [-0.1, -0.05) is 24.3 Å². The SMILES string of the molecule is COc1ncc(-c2cc([C@H]3C[C@@H]3c3ccc(C(F)F)cc3)c3nccn3n2)c(OC)n1. The van der Waals surface area contributed by atoms with Crippen molar-refractivity contribution in [3.8, 4) is 23.1 Å². The lowest BCUT2D eigenvalue weighted by Crippen LogP contribution is -2.02. The molecule has 0 radical (unpaired) electrons. The predicted octanol–water partition coefficient (Wildman–Crippen LogP) is 4.41. The number of fused-ring (bicyclic) bond motifs is 1. The van der Waals surface area contributed by atoms with Gasteiger partial charge < -0.3 is 9.47 Å². The van der Waals surface area contributed by atoms with Gasteiger partial charge in [-0.05, 0) is 29.9 Å².